The number of carbonyl (C=O) groups is 1. The minimum Gasteiger partial charge on any atom is -0.497 e. The predicted molar refractivity (Wildman–Crippen MR) is 139 cm³/mol. The average Bonchev–Trinajstić information content (AvgIpc) is 3.27. The van der Waals surface area contributed by atoms with Crippen LogP contribution >= 0.6 is 11.3 Å². The van der Waals surface area contributed by atoms with Crippen LogP contribution in [0.5, 0.6) is 5.75 Å². The SMILES string of the molecule is COc1cccc(NC(=O)Cn2c(=O)n(CCc3ccccc3)c(=O)c3c4c(sc32)CCCC4)c1. The minimum absolute atomic E-state index is 0.169. The number of amides is 1. The van der Waals surface area contributed by atoms with Crippen molar-refractivity contribution in [2.75, 3.05) is 12.4 Å². The van der Waals surface area contributed by atoms with E-state index in [0.29, 0.717) is 28.1 Å². The Morgan fingerprint density at radius 3 is 2.63 bits per heavy atom. The number of ether oxygens (including phenoxy) is 1. The van der Waals surface area contributed by atoms with Gasteiger partial charge in [0.25, 0.3) is 5.56 Å². The summed E-state index contributed by atoms with van der Waals surface area (Å²) >= 11 is 1.48. The molecule has 0 saturated heterocycles. The molecule has 0 aliphatic heterocycles. The van der Waals surface area contributed by atoms with Crippen molar-refractivity contribution >= 4 is 33.1 Å². The summed E-state index contributed by atoms with van der Waals surface area (Å²) in [4.78, 5) is 41.9. The zero-order valence-corrected chi connectivity index (χ0v) is 20.4. The first-order chi connectivity index (χ1) is 17.0. The lowest BCUT2D eigenvalue weighted by atomic mass is 9.97. The third kappa shape index (κ3) is 4.66. The second-order valence-electron chi connectivity index (χ2n) is 8.73. The molecule has 35 heavy (non-hydrogen) atoms. The molecule has 0 spiro atoms. The molecule has 1 aliphatic carbocycles. The zero-order valence-electron chi connectivity index (χ0n) is 19.6. The van der Waals surface area contributed by atoms with Gasteiger partial charge in [-0.2, -0.15) is 0 Å². The van der Waals surface area contributed by atoms with Gasteiger partial charge in [-0.25, -0.2) is 4.79 Å². The van der Waals surface area contributed by atoms with Gasteiger partial charge in [0.05, 0.1) is 12.5 Å². The highest BCUT2D eigenvalue weighted by atomic mass is 32.1. The molecular formula is C27H27N3O4S. The van der Waals surface area contributed by atoms with Crippen molar-refractivity contribution in [1.29, 1.82) is 0 Å². The van der Waals surface area contributed by atoms with Crippen LogP contribution in [0.4, 0.5) is 5.69 Å². The van der Waals surface area contributed by atoms with Crippen LogP contribution in [0.15, 0.2) is 64.2 Å². The highest BCUT2D eigenvalue weighted by molar-refractivity contribution is 7.18. The molecule has 0 bridgehead atoms. The first kappa shape index (κ1) is 23.1. The first-order valence-electron chi connectivity index (χ1n) is 11.8. The lowest BCUT2D eigenvalue weighted by molar-refractivity contribution is -0.116. The molecule has 2 heterocycles. The van der Waals surface area contributed by atoms with Gasteiger partial charge in [0.2, 0.25) is 5.91 Å². The molecule has 4 aromatic rings. The van der Waals surface area contributed by atoms with Crippen LogP contribution in [-0.4, -0.2) is 22.2 Å². The van der Waals surface area contributed by atoms with Crippen molar-refractivity contribution in [2.45, 2.75) is 45.2 Å². The largest absolute Gasteiger partial charge is 0.497 e. The Kier molecular flexibility index (Phi) is 6.55. The Balaban J connectivity index is 1.54. The number of benzene rings is 2. The van der Waals surface area contributed by atoms with Gasteiger partial charge in [0.1, 0.15) is 17.1 Å². The van der Waals surface area contributed by atoms with E-state index in [1.165, 1.54) is 20.5 Å². The summed E-state index contributed by atoms with van der Waals surface area (Å²) in [6.45, 7) is 0.0945. The molecule has 180 valence electrons. The first-order valence-corrected chi connectivity index (χ1v) is 12.6. The predicted octanol–water partition coefficient (Wildman–Crippen LogP) is 3.99. The van der Waals surface area contributed by atoms with E-state index in [2.05, 4.69) is 5.32 Å². The summed E-state index contributed by atoms with van der Waals surface area (Å²) in [6.07, 6.45) is 4.39. The Labute approximate surface area is 206 Å². The summed E-state index contributed by atoms with van der Waals surface area (Å²) < 4.78 is 8.00. The highest BCUT2D eigenvalue weighted by Crippen LogP contribution is 2.34. The van der Waals surface area contributed by atoms with Crippen LogP contribution in [0, 0.1) is 0 Å². The minimum atomic E-state index is -0.446. The summed E-state index contributed by atoms with van der Waals surface area (Å²) in [5.41, 5.74) is 1.99. The quantitative estimate of drug-likeness (QED) is 0.426. The van der Waals surface area contributed by atoms with E-state index in [1.54, 1.807) is 31.4 Å². The van der Waals surface area contributed by atoms with Crippen LogP contribution in [0.1, 0.15) is 28.8 Å². The van der Waals surface area contributed by atoms with E-state index in [-0.39, 0.29) is 24.6 Å². The van der Waals surface area contributed by atoms with Crippen molar-refractivity contribution in [2.24, 2.45) is 0 Å². The fraction of sp³-hybridized carbons (Fsp3) is 0.296. The lowest BCUT2D eigenvalue weighted by Crippen LogP contribution is -2.42. The van der Waals surface area contributed by atoms with Crippen LogP contribution in [0.2, 0.25) is 0 Å². The van der Waals surface area contributed by atoms with Crippen molar-refractivity contribution in [3.63, 3.8) is 0 Å². The number of aromatic nitrogens is 2. The fourth-order valence-corrected chi connectivity index (χ4v) is 6.06. The number of hydrogen-bond acceptors (Lipinski definition) is 5. The topological polar surface area (TPSA) is 82.3 Å². The van der Waals surface area contributed by atoms with E-state index in [1.807, 2.05) is 30.3 Å². The number of nitrogens with zero attached hydrogens (tertiary/aromatic N) is 2. The molecule has 0 radical (unpaired) electrons. The smallest absolute Gasteiger partial charge is 0.332 e. The molecule has 8 heteroatoms. The number of nitrogens with one attached hydrogen (secondary N) is 1. The van der Waals surface area contributed by atoms with Gasteiger partial charge < -0.3 is 10.1 Å². The number of anilines is 1. The van der Waals surface area contributed by atoms with Gasteiger partial charge >= 0.3 is 5.69 Å². The second kappa shape index (κ2) is 9.92. The van der Waals surface area contributed by atoms with E-state index >= 15 is 0 Å². The number of aryl methyl sites for hydroxylation is 3. The number of thiophene rings is 1. The molecule has 0 saturated carbocycles. The molecular weight excluding hydrogens is 462 g/mol. The molecule has 1 aliphatic rings. The van der Waals surface area contributed by atoms with E-state index in [9.17, 15) is 14.4 Å². The molecule has 0 unspecified atom stereocenters. The Hall–Kier alpha value is -3.65. The van der Waals surface area contributed by atoms with Gasteiger partial charge in [-0.05, 0) is 55.4 Å². The Morgan fingerprint density at radius 1 is 1.03 bits per heavy atom. The molecule has 0 fully saturated rings. The van der Waals surface area contributed by atoms with Crippen molar-refractivity contribution in [3.05, 3.63) is 91.4 Å². The normalized spacial score (nSPS) is 12.9. The molecule has 7 nitrogen and oxygen atoms in total. The number of hydrogen-bond donors (Lipinski definition) is 1. The molecule has 5 rings (SSSR count). The third-order valence-corrected chi connectivity index (χ3v) is 7.76. The van der Waals surface area contributed by atoms with Crippen LogP contribution < -0.4 is 21.3 Å². The van der Waals surface area contributed by atoms with Gasteiger partial charge in [-0.3, -0.25) is 18.7 Å². The van der Waals surface area contributed by atoms with Crippen molar-refractivity contribution in [3.8, 4) is 5.75 Å². The number of rotatable bonds is 7. The maximum atomic E-state index is 13.6. The van der Waals surface area contributed by atoms with Gasteiger partial charge in [0, 0.05) is 23.2 Å². The summed E-state index contributed by atoms with van der Waals surface area (Å²) in [6, 6.07) is 16.9. The number of methoxy groups -OCH3 is 1. The molecule has 1 N–H and O–H groups in total. The standard InChI is InChI=1S/C27H27N3O4S/c1-34-20-11-7-10-19(16-20)28-23(31)17-30-26-24(21-12-5-6-13-22(21)35-26)25(32)29(27(30)33)15-14-18-8-3-2-4-9-18/h2-4,7-11,16H,5-6,12-15,17H2,1H3,(H,28,31). The molecule has 2 aromatic carbocycles. The maximum absolute atomic E-state index is 13.6. The summed E-state index contributed by atoms with van der Waals surface area (Å²) in [5, 5.41) is 3.45. The van der Waals surface area contributed by atoms with Crippen LogP contribution in [0.25, 0.3) is 10.2 Å². The van der Waals surface area contributed by atoms with Gasteiger partial charge in [-0.15, -0.1) is 11.3 Å². The fourth-order valence-electron chi connectivity index (χ4n) is 4.68. The van der Waals surface area contributed by atoms with Crippen LogP contribution in [-0.2, 0) is 37.1 Å². The van der Waals surface area contributed by atoms with E-state index in [4.69, 9.17) is 4.74 Å². The average molecular weight is 490 g/mol. The molecule has 2 aromatic heterocycles. The molecule has 0 atom stereocenters. The zero-order chi connectivity index (χ0) is 24.4. The highest BCUT2D eigenvalue weighted by Gasteiger charge is 2.24. The maximum Gasteiger partial charge on any atom is 0.332 e. The monoisotopic (exact) mass is 489 g/mol. The number of carbonyl (C=O) groups excluding carboxylic acids is 1. The third-order valence-electron chi connectivity index (χ3n) is 6.44. The van der Waals surface area contributed by atoms with E-state index in [0.717, 1.165) is 41.7 Å². The van der Waals surface area contributed by atoms with Crippen molar-refractivity contribution < 1.29 is 9.53 Å². The van der Waals surface area contributed by atoms with Gasteiger partial charge in [-0.1, -0.05) is 36.4 Å². The van der Waals surface area contributed by atoms with Gasteiger partial charge in [0.15, 0.2) is 0 Å². The Morgan fingerprint density at radius 2 is 1.83 bits per heavy atom. The summed E-state index contributed by atoms with van der Waals surface area (Å²) in [7, 11) is 1.56. The Bertz CT molecular complexity index is 1500. The van der Waals surface area contributed by atoms with E-state index < -0.39 is 5.69 Å². The lowest BCUT2D eigenvalue weighted by Gasteiger charge is -2.14. The second-order valence-corrected chi connectivity index (χ2v) is 9.82. The molecule has 1 amide bonds. The van der Waals surface area contributed by atoms with Crippen molar-refractivity contribution in [1.82, 2.24) is 9.13 Å². The summed E-state index contributed by atoms with van der Waals surface area (Å²) in [5.74, 6) is 0.295. The number of fused-ring (bicyclic) bond motifs is 3. The van der Waals surface area contributed by atoms with Crippen LogP contribution in [0.3, 0.4) is 0 Å².